The van der Waals surface area contributed by atoms with Crippen molar-refractivity contribution in [2.75, 3.05) is 79.0 Å². The van der Waals surface area contributed by atoms with Crippen LogP contribution in [-0.4, -0.2) is 125 Å². The van der Waals surface area contributed by atoms with Crippen molar-refractivity contribution in [3.63, 3.8) is 0 Å². The van der Waals surface area contributed by atoms with Gasteiger partial charge in [-0.2, -0.15) is 0 Å². The zero-order chi connectivity index (χ0) is 32.0. The van der Waals surface area contributed by atoms with E-state index in [1.54, 1.807) is 0 Å². The third kappa shape index (κ3) is 29.0. The first-order valence-electron chi connectivity index (χ1n) is 15.0. The van der Waals surface area contributed by atoms with E-state index in [2.05, 4.69) is 28.2 Å². The van der Waals surface area contributed by atoms with Gasteiger partial charge in [0.15, 0.2) is 0 Å². The molecule has 250 valence electrons. The summed E-state index contributed by atoms with van der Waals surface area (Å²) in [6.45, 7) is 3.75. The van der Waals surface area contributed by atoms with Crippen molar-refractivity contribution >= 4 is 29.7 Å². The fraction of sp³-hybridized carbons (Fsp3) is 0.821. The Bertz CT molecular complexity index is 771. The quantitative estimate of drug-likeness (QED) is 0.0568. The van der Waals surface area contributed by atoms with E-state index < -0.39 is 30.4 Å². The summed E-state index contributed by atoms with van der Waals surface area (Å²) in [6.07, 6.45) is 8.41. The van der Waals surface area contributed by atoms with Crippen molar-refractivity contribution in [2.24, 2.45) is 0 Å². The Morgan fingerprint density at radius 1 is 0.605 bits per heavy atom. The van der Waals surface area contributed by atoms with Crippen LogP contribution >= 0.6 is 0 Å². The molecule has 0 saturated heterocycles. The molecule has 0 aromatic rings. The smallest absolute Gasteiger partial charge is 0.322 e. The lowest BCUT2D eigenvalue weighted by atomic mass is 10.1. The van der Waals surface area contributed by atoms with Gasteiger partial charge in [0.1, 0.15) is 25.8 Å². The van der Waals surface area contributed by atoms with Gasteiger partial charge in [-0.15, -0.1) is 0 Å². The van der Waals surface area contributed by atoms with E-state index in [9.17, 15) is 29.1 Å². The zero-order valence-electron chi connectivity index (χ0n) is 25.5. The number of hydrogen-bond acceptors (Lipinski definition) is 10. The van der Waals surface area contributed by atoms with Crippen LogP contribution in [0.2, 0.25) is 0 Å². The largest absolute Gasteiger partial charge is 0.480 e. The van der Waals surface area contributed by atoms with Gasteiger partial charge in [0.05, 0.1) is 39.6 Å². The summed E-state index contributed by atoms with van der Waals surface area (Å²) in [5.41, 5.74) is 0. The van der Waals surface area contributed by atoms with E-state index in [1.165, 1.54) is 25.7 Å². The summed E-state index contributed by atoms with van der Waals surface area (Å²) < 4.78 is 20.9. The minimum absolute atomic E-state index is 0.104. The number of carbonyl (C=O) groups excluding carboxylic acids is 3. The minimum atomic E-state index is -1.14. The number of aliphatic carboxylic acids is 2. The third-order valence-electron chi connectivity index (χ3n) is 5.91. The van der Waals surface area contributed by atoms with E-state index in [0.717, 1.165) is 19.3 Å². The number of hydrogen-bond donors (Lipinski definition) is 6. The summed E-state index contributed by atoms with van der Waals surface area (Å²) in [5, 5.41) is 28.3. The number of amides is 3. The van der Waals surface area contributed by atoms with E-state index in [-0.39, 0.29) is 90.6 Å². The lowest BCUT2D eigenvalue weighted by molar-refractivity contribution is -0.140. The lowest BCUT2D eigenvalue weighted by Gasteiger charge is -2.14. The van der Waals surface area contributed by atoms with E-state index >= 15 is 0 Å². The van der Waals surface area contributed by atoms with Gasteiger partial charge in [-0.25, -0.2) is 0 Å². The molecule has 0 saturated carbocycles. The van der Waals surface area contributed by atoms with Crippen LogP contribution in [0.1, 0.15) is 64.7 Å². The van der Waals surface area contributed by atoms with E-state index in [4.69, 9.17) is 24.1 Å². The summed E-state index contributed by atoms with van der Waals surface area (Å²) in [5.74, 6) is -3.19. The Labute approximate surface area is 254 Å². The molecule has 1 unspecified atom stereocenters. The van der Waals surface area contributed by atoms with Crippen LogP contribution in [0.3, 0.4) is 0 Å². The SMILES string of the molecule is CCCCCCCCCNC(CCC(=O)NCCOCCOCC(=O)NCCOCCOCC(=O)NCC(=O)O)C(=O)O. The highest BCUT2D eigenvalue weighted by atomic mass is 16.5. The highest BCUT2D eigenvalue weighted by Crippen LogP contribution is 2.07. The highest BCUT2D eigenvalue weighted by Gasteiger charge is 2.17. The van der Waals surface area contributed by atoms with Gasteiger partial charge in [-0.05, 0) is 19.4 Å². The van der Waals surface area contributed by atoms with Crippen LogP contribution in [0.15, 0.2) is 0 Å². The van der Waals surface area contributed by atoms with Gasteiger partial charge >= 0.3 is 11.9 Å². The minimum Gasteiger partial charge on any atom is -0.480 e. The zero-order valence-corrected chi connectivity index (χ0v) is 25.5. The molecule has 43 heavy (non-hydrogen) atoms. The summed E-state index contributed by atoms with van der Waals surface area (Å²) in [6, 6.07) is -0.747. The summed E-state index contributed by atoms with van der Waals surface area (Å²) in [7, 11) is 0. The molecule has 0 spiro atoms. The Kier molecular flexibility index (Phi) is 27.3. The molecule has 0 heterocycles. The fourth-order valence-electron chi connectivity index (χ4n) is 3.61. The lowest BCUT2D eigenvalue weighted by Crippen LogP contribution is -2.38. The Morgan fingerprint density at radius 2 is 1.12 bits per heavy atom. The monoisotopic (exact) mass is 620 g/mol. The third-order valence-corrected chi connectivity index (χ3v) is 5.91. The molecule has 0 fully saturated rings. The van der Waals surface area contributed by atoms with Crippen molar-refractivity contribution in [3.8, 4) is 0 Å². The molecule has 15 nitrogen and oxygen atoms in total. The van der Waals surface area contributed by atoms with E-state index in [0.29, 0.717) is 6.54 Å². The average Bonchev–Trinajstić information content (AvgIpc) is 2.97. The van der Waals surface area contributed by atoms with Crippen molar-refractivity contribution < 1.29 is 53.1 Å². The maximum Gasteiger partial charge on any atom is 0.322 e. The Balaban J connectivity index is 3.58. The number of carboxylic acid groups (broad SMARTS) is 2. The average molecular weight is 621 g/mol. The maximum absolute atomic E-state index is 12.0. The predicted octanol–water partition coefficient (Wildman–Crippen LogP) is 0.0596. The summed E-state index contributed by atoms with van der Waals surface area (Å²) in [4.78, 5) is 56.7. The van der Waals surface area contributed by atoms with Crippen molar-refractivity contribution in [2.45, 2.75) is 70.8 Å². The first kappa shape index (κ1) is 40.1. The van der Waals surface area contributed by atoms with Gasteiger partial charge in [0, 0.05) is 19.5 Å². The molecular formula is C28H52N4O11. The number of rotatable bonds is 31. The second-order valence-electron chi connectivity index (χ2n) is 9.71. The molecule has 0 radical (unpaired) electrons. The van der Waals surface area contributed by atoms with E-state index in [1.807, 2.05) is 0 Å². The van der Waals surface area contributed by atoms with Crippen molar-refractivity contribution in [3.05, 3.63) is 0 Å². The standard InChI is InChI=1S/C28H52N4O11/c1-2-3-4-5-6-7-8-11-29-23(28(38)39)9-10-24(33)30-12-14-40-16-18-42-21-25(34)31-13-15-41-17-19-43-22-26(35)32-20-27(36)37/h23,29H,2-22H2,1H3,(H,30,33)(H,31,34)(H,32,35)(H,36,37)(H,38,39). The number of carbonyl (C=O) groups is 5. The van der Waals surface area contributed by atoms with Gasteiger partial charge in [0.25, 0.3) is 0 Å². The first-order chi connectivity index (χ1) is 20.8. The molecule has 0 aromatic heterocycles. The maximum atomic E-state index is 12.0. The second kappa shape index (κ2) is 29.2. The normalized spacial score (nSPS) is 11.6. The molecule has 0 bridgehead atoms. The van der Waals surface area contributed by atoms with Crippen LogP contribution < -0.4 is 21.3 Å². The van der Waals surface area contributed by atoms with Gasteiger partial charge < -0.3 is 50.4 Å². The van der Waals surface area contributed by atoms with Gasteiger partial charge in [0.2, 0.25) is 17.7 Å². The molecule has 0 aliphatic carbocycles. The van der Waals surface area contributed by atoms with Crippen LogP contribution in [0.4, 0.5) is 0 Å². The molecule has 15 heteroatoms. The second-order valence-corrected chi connectivity index (χ2v) is 9.71. The van der Waals surface area contributed by atoms with Gasteiger partial charge in [-0.3, -0.25) is 24.0 Å². The Hall–Kier alpha value is -2.85. The predicted molar refractivity (Wildman–Crippen MR) is 157 cm³/mol. The molecule has 1 atom stereocenters. The van der Waals surface area contributed by atoms with Crippen LogP contribution in [-0.2, 0) is 42.9 Å². The molecule has 0 aliphatic rings. The molecule has 6 N–H and O–H groups in total. The molecule has 0 aromatic carbocycles. The van der Waals surface area contributed by atoms with Crippen LogP contribution in [0, 0.1) is 0 Å². The molecule has 0 aliphatic heterocycles. The fourth-order valence-corrected chi connectivity index (χ4v) is 3.61. The summed E-state index contributed by atoms with van der Waals surface area (Å²) >= 11 is 0. The topological polar surface area (TPSA) is 211 Å². The highest BCUT2D eigenvalue weighted by molar-refractivity contribution is 5.82. The van der Waals surface area contributed by atoms with Gasteiger partial charge in [-0.1, -0.05) is 45.4 Å². The number of unbranched alkanes of at least 4 members (excludes halogenated alkanes) is 6. The van der Waals surface area contributed by atoms with Crippen LogP contribution in [0.25, 0.3) is 0 Å². The molecule has 3 amide bonds. The number of carboxylic acids is 2. The molecular weight excluding hydrogens is 568 g/mol. The first-order valence-corrected chi connectivity index (χ1v) is 15.0. The number of ether oxygens (including phenoxy) is 4. The van der Waals surface area contributed by atoms with Crippen LogP contribution in [0.5, 0.6) is 0 Å². The van der Waals surface area contributed by atoms with Crippen molar-refractivity contribution in [1.29, 1.82) is 0 Å². The van der Waals surface area contributed by atoms with Crippen molar-refractivity contribution in [1.82, 2.24) is 21.3 Å². The number of nitrogens with one attached hydrogen (secondary N) is 4. The Morgan fingerprint density at radius 3 is 1.67 bits per heavy atom. The molecule has 0 rings (SSSR count).